The normalized spacial score (nSPS) is 10.8. The van der Waals surface area contributed by atoms with Crippen molar-refractivity contribution < 1.29 is 4.74 Å². The lowest BCUT2D eigenvalue weighted by Crippen LogP contribution is -2.04. The van der Waals surface area contributed by atoms with E-state index >= 15 is 0 Å². The summed E-state index contributed by atoms with van der Waals surface area (Å²) < 4.78 is 8.32. The quantitative estimate of drug-likeness (QED) is 0.940. The SMILES string of the molecule is CCOc1ccc(-c2nn(C)c(CN)c2Br)cc1C. The Bertz CT molecular complexity index is 593. The molecule has 0 saturated carbocycles. The number of hydrogen-bond acceptors (Lipinski definition) is 3. The van der Waals surface area contributed by atoms with Gasteiger partial charge >= 0.3 is 0 Å². The first-order chi connectivity index (χ1) is 9.08. The maximum absolute atomic E-state index is 5.73. The van der Waals surface area contributed by atoms with Gasteiger partial charge in [-0.05, 0) is 53.5 Å². The summed E-state index contributed by atoms with van der Waals surface area (Å²) in [5.74, 6) is 0.914. The van der Waals surface area contributed by atoms with Gasteiger partial charge in [0.05, 0.1) is 16.8 Å². The van der Waals surface area contributed by atoms with Gasteiger partial charge in [0, 0.05) is 19.2 Å². The third-order valence-electron chi connectivity index (χ3n) is 3.04. The van der Waals surface area contributed by atoms with Crippen LogP contribution in [0.4, 0.5) is 0 Å². The van der Waals surface area contributed by atoms with Gasteiger partial charge in [0.15, 0.2) is 0 Å². The van der Waals surface area contributed by atoms with E-state index in [1.54, 1.807) is 0 Å². The van der Waals surface area contributed by atoms with Crippen LogP contribution in [0.5, 0.6) is 5.75 Å². The zero-order valence-corrected chi connectivity index (χ0v) is 13.0. The van der Waals surface area contributed by atoms with Crippen LogP contribution in [0.1, 0.15) is 18.2 Å². The van der Waals surface area contributed by atoms with E-state index in [-0.39, 0.29) is 0 Å². The summed E-state index contributed by atoms with van der Waals surface area (Å²) in [4.78, 5) is 0. The van der Waals surface area contributed by atoms with Gasteiger partial charge in [0.1, 0.15) is 11.4 Å². The Balaban J connectivity index is 2.45. The Morgan fingerprint density at radius 3 is 2.68 bits per heavy atom. The highest BCUT2D eigenvalue weighted by molar-refractivity contribution is 9.10. The van der Waals surface area contributed by atoms with Gasteiger partial charge in [0.2, 0.25) is 0 Å². The molecule has 0 amide bonds. The van der Waals surface area contributed by atoms with Crippen LogP contribution in [-0.4, -0.2) is 16.4 Å². The van der Waals surface area contributed by atoms with Crippen LogP contribution >= 0.6 is 15.9 Å². The molecule has 1 aromatic carbocycles. The largest absolute Gasteiger partial charge is 0.494 e. The van der Waals surface area contributed by atoms with Crippen LogP contribution in [0, 0.1) is 6.92 Å². The van der Waals surface area contributed by atoms with Crippen LogP contribution in [-0.2, 0) is 13.6 Å². The first-order valence-corrected chi connectivity index (χ1v) is 7.03. The number of aryl methyl sites for hydroxylation is 2. The van der Waals surface area contributed by atoms with Gasteiger partial charge in [-0.2, -0.15) is 5.10 Å². The van der Waals surface area contributed by atoms with Crippen LogP contribution in [0.15, 0.2) is 22.7 Å². The molecule has 0 aliphatic heterocycles. The average molecular weight is 324 g/mol. The predicted octanol–water partition coefficient (Wildman–Crippen LogP) is 3.02. The van der Waals surface area contributed by atoms with Gasteiger partial charge < -0.3 is 10.5 Å². The van der Waals surface area contributed by atoms with E-state index in [9.17, 15) is 0 Å². The van der Waals surface area contributed by atoms with Crippen molar-refractivity contribution in [2.45, 2.75) is 20.4 Å². The molecule has 102 valence electrons. The minimum absolute atomic E-state index is 0.458. The summed E-state index contributed by atoms with van der Waals surface area (Å²) in [5, 5.41) is 4.52. The number of nitrogens with two attached hydrogens (primary N) is 1. The van der Waals surface area contributed by atoms with Crippen LogP contribution < -0.4 is 10.5 Å². The third kappa shape index (κ3) is 2.67. The highest BCUT2D eigenvalue weighted by atomic mass is 79.9. The highest BCUT2D eigenvalue weighted by Crippen LogP contribution is 2.32. The van der Waals surface area contributed by atoms with Crippen molar-refractivity contribution in [3.05, 3.63) is 33.9 Å². The molecule has 5 heteroatoms. The molecule has 0 saturated heterocycles. The zero-order valence-electron chi connectivity index (χ0n) is 11.4. The lowest BCUT2D eigenvalue weighted by atomic mass is 10.1. The van der Waals surface area contributed by atoms with Crippen molar-refractivity contribution in [3.8, 4) is 17.0 Å². The van der Waals surface area contributed by atoms with Crippen LogP contribution in [0.3, 0.4) is 0 Å². The van der Waals surface area contributed by atoms with Gasteiger partial charge in [-0.3, -0.25) is 4.68 Å². The Labute approximate surface area is 121 Å². The smallest absolute Gasteiger partial charge is 0.122 e. The Kier molecular flexibility index (Phi) is 4.27. The zero-order chi connectivity index (χ0) is 14.0. The van der Waals surface area contributed by atoms with E-state index in [2.05, 4.69) is 27.1 Å². The van der Waals surface area contributed by atoms with Crippen molar-refractivity contribution in [2.75, 3.05) is 6.61 Å². The molecule has 0 fully saturated rings. The first-order valence-electron chi connectivity index (χ1n) is 6.23. The minimum atomic E-state index is 0.458. The second kappa shape index (κ2) is 5.75. The molecule has 4 nitrogen and oxygen atoms in total. The number of rotatable bonds is 4. The van der Waals surface area contributed by atoms with Crippen molar-refractivity contribution in [3.63, 3.8) is 0 Å². The van der Waals surface area contributed by atoms with E-state index in [0.29, 0.717) is 13.2 Å². The number of hydrogen-bond donors (Lipinski definition) is 1. The maximum atomic E-state index is 5.73. The number of aromatic nitrogens is 2. The monoisotopic (exact) mass is 323 g/mol. The summed E-state index contributed by atoms with van der Waals surface area (Å²) in [5.41, 5.74) is 9.79. The number of nitrogens with zero attached hydrogens (tertiary/aromatic N) is 2. The van der Waals surface area contributed by atoms with Gasteiger partial charge in [-0.25, -0.2) is 0 Å². The van der Waals surface area contributed by atoms with Crippen LogP contribution in [0.25, 0.3) is 11.3 Å². The maximum Gasteiger partial charge on any atom is 0.122 e. The van der Waals surface area contributed by atoms with E-state index in [1.165, 1.54) is 0 Å². The average Bonchev–Trinajstić information content (AvgIpc) is 2.67. The molecule has 0 aliphatic rings. The summed E-state index contributed by atoms with van der Waals surface area (Å²) in [6, 6.07) is 6.08. The second-order valence-electron chi connectivity index (χ2n) is 4.35. The first kappa shape index (κ1) is 14.1. The van der Waals surface area contributed by atoms with E-state index < -0.39 is 0 Å². The number of halogens is 1. The molecule has 2 rings (SSSR count). The molecule has 0 aliphatic carbocycles. The molecule has 0 radical (unpaired) electrons. The molecule has 2 aromatic rings. The molecule has 1 heterocycles. The predicted molar refractivity (Wildman–Crippen MR) is 80.1 cm³/mol. The summed E-state index contributed by atoms with van der Waals surface area (Å²) in [6.07, 6.45) is 0. The van der Waals surface area contributed by atoms with E-state index in [4.69, 9.17) is 10.5 Å². The van der Waals surface area contributed by atoms with Gasteiger partial charge in [-0.1, -0.05) is 0 Å². The van der Waals surface area contributed by atoms with Crippen molar-refractivity contribution in [2.24, 2.45) is 12.8 Å². The topological polar surface area (TPSA) is 53.1 Å². The lowest BCUT2D eigenvalue weighted by Gasteiger charge is -2.08. The fraction of sp³-hybridized carbons (Fsp3) is 0.357. The van der Waals surface area contributed by atoms with Crippen molar-refractivity contribution >= 4 is 15.9 Å². The van der Waals surface area contributed by atoms with E-state index in [0.717, 1.165) is 32.7 Å². The minimum Gasteiger partial charge on any atom is -0.494 e. The lowest BCUT2D eigenvalue weighted by molar-refractivity contribution is 0.338. The van der Waals surface area contributed by atoms with E-state index in [1.807, 2.05) is 37.7 Å². The summed E-state index contributed by atoms with van der Waals surface area (Å²) >= 11 is 3.58. The Morgan fingerprint density at radius 1 is 1.42 bits per heavy atom. The second-order valence-corrected chi connectivity index (χ2v) is 5.14. The molecule has 19 heavy (non-hydrogen) atoms. The molecule has 0 spiro atoms. The van der Waals surface area contributed by atoms with Crippen LogP contribution in [0.2, 0.25) is 0 Å². The highest BCUT2D eigenvalue weighted by Gasteiger charge is 2.15. The van der Waals surface area contributed by atoms with Crippen molar-refractivity contribution in [1.82, 2.24) is 9.78 Å². The summed E-state index contributed by atoms with van der Waals surface area (Å²) in [6.45, 7) is 5.15. The fourth-order valence-electron chi connectivity index (χ4n) is 2.05. The molecule has 2 N–H and O–H groups in total. The van der Waals surface area contributed by atoms with Gasteiger partial charge in [-0.15, -0.1) is 0 Å². The van der Waals surface area contributed by atoms with Gasteiger partial charge in [0.25, 0.3) is 0 Å². The summed E-state index contributed by atoms with van der Waals surface area (Å²) in [7, 11) is 1.90. The number of benzene rings is 1. The molecular weight excluding hydrogens is 306 g/mol. The molecule has 0 bridgehead atoms. The standard InChI is InChI=1S/C14H18BrN3O/c1-4-19-12-6-5-10(7-9(12)2)14-13(15)11(8-16)18(3)17-14/h5-7H,4,8,16H2,1-3H3. The number of ether oxygens (including phenoxy) is 1. The molecular formula is C14H18BrN3O. The Hall–Kier alpha value is -1.33. The fourth-order valence-corrected chi connectivity index (χ4v) is 2.78. The van der Waals surface area contributed by atoms with Crippen molar-refractivity contribution in [1.29, 1.82) is 0 Å². The molecule has 0 atom stereocenters. The Morgan fingerprint density at radius 2 is 2.16 bits per heavy atom. The molecule has 0 unspecified atom stereocenters. The third-order valence-corrected chi connectivity index (χ3v) is 3.88. The molecule has 1 aromatic heterocycles.